The quantitative estimate of drug-likeness (QED) is 0.821. The van der Waals surface area contributed by atoms with E-state index >= 15 is 0 Å². The van der Waals surface area contributed by atoms with Crippen molar-refractivity contribution in [2.45, 2.75) is 26.8 Å². The molecule has 0 atom stereocenters. The number of hydrogen-bond acceptors (Lipinski definition) is 4. The lowest BCUT2D eigenvalue weighted by Crippen LogP contribution is -2.50. The van der Waals surface area contributed by atoms with E-state index in [2.05, 4.69) is 10.4 Å². The highest BCUT2D eigenvalue weighted by atomic mass is 19.1. The van der Waals surface area contributed by atoms with Crippen LogP contribution in [0.2, 0.25) is 0 Å². The maximum Gasteiger partial charge on any atom is 0.238 e. The topological polar surface area (TPSA) is 70.5 Å². The average Bonchev–Trinajstić information content (AvgIpc) is 2.99. The summed E-state index contributed by atoms with van der Waals surface area (Å²) in [5.74, 6) is -0.365. The number of nitrogens with one attached hydrogen (secondary N) is 1. The zero-order valence-electron chi connectivity index (χ0n) is 16.3. The summed E-state index contributed by atoms with van der Waals surface area (Å²) in [6.07, 6.45) is 0.424. The molecule has 1 fully saturated rings. The number of carbonyl (C=O) groups is 2. The highest BCUT2D eigenvalue weighted by Gasteiger charge is 2.22. The molecule has 2 heterocycles. The van der Waals surface area contributed by atoms with Crippen molar-refractivity contribution < 1.29 is 14.0 Å². The van der Waals surface area contributed by atoms with Crippen molar-refractivity contribution in [3.63, 3.8) is 0 Å². The van der Waals surface area contributed by atoms with Crippen LogP contribution < -0.4 is 5.32 Å². The largest absolute Gasteiger partial charge is 0.340 e. The molecule has 3 rings (SSSR count). The van der Waals surface area contributed by atoms with Crippen LogP contribution in [0.1, 0.15) is 17.8 Å². The number of aromatic nitrogens is 2. The summed E-state index contributed by atoms with van der Waals surface area (Å²) in [6.45, 7) is 7.30. The van der Waals surface area contributed by atoms with Crippen molar-refractivity contribution in [3.8, 4) is 0 Å². The number of rotatable bonds is 6. The van der Waals surface area contributed by atoms with Crippen molar-refractivity contribution in [2.75, 3.05) is 38.0 Å². The standard InChI is InChI=1S/C20H26FN5O2/c1-15-13-16(2)26(23-15)8-7-20(28)25-11-9-24(10-12-25)14-19(27)22-18-5-3-17(21)4-6-18/h3-6,13H,7-12,14H2,1-2H3,(H,22,27). The lowest BCUT2D eigenvalue weighted by Gasteiger charge is -2.34. The van der Waals surface area contributed by atoms with Crippen LogP contribution in [0.15, 0.2) is 30.3 Å². The zero-order chi connectivity index (χ0) is 20.1. The number of aryl methyl sites for hydroxylation is 3. The molecule has 150 valence electrons. The molecule has 0 unspecified atom stereocenters. The maximum atomic E-state index is 12.9. The highest BCUT2D eigenvalue weighted by Crippen LogP contribution is 2.10. The van der Waals surface area contributed by atoms with Gasteiger partial charge in [-0.2, -0.15) is 5.10 Å². The van der Waals surface area contributed by atoms with Gasteiger partial charge in [-0.05, 0) is 44.2 Å². The van der Waals surface area contributed by atoms with E-state index in [0.717, 1.165) is 11.4 Å². The third-order valence-corrected chi connectivity index (χ3v) is 4.86. The van der Waals surface area contributed by atoms with E-state index in [4.69, 9.17) is 0 Å². The summed E-state index contributed by atoms with van der Waals surface area (Å²) in [5.41, 5.74) is 2.59. The minimum atomic E-state index is -0.336. The van der Waals surface area contributed by atoms with E-state index in [1.54, 1.807) is 0 Å². The Labute approximate surface area is 164 Å². The first-order valence-electron chi connectivity index (χ1n) is 9.47. The van der Waals surface area contributed by atoms with Crippen molar-refractivity contribution >= 4 is 17.5 Å². The molecule has 1 saturated heterocycles. The number of hydrogen-bond donors (Lipinski definition) is 1. The number of anilines is 1. The number of benzene rings is 1. The fourth-order valence-corrected chi connectivity index (χ4v) is 3.35. The number of amides is 2. The zero-order valence-corrected chi connectivity index (χ0v) is 16.3. The fourth-order valence-electron chi connectivity index (χ4n) is 3.35. The molecule has 0 aliphatic carbocycles. The highest BCUT2D eigenvalue weighted by molar-refractivity contribution is 5.92. The van der Waals surface area contributed by atoms with Crippen molar-refractivity contribution in [3.05, 3.63) is 47.5 Å². The Morgan fingerprint density at radius 3 is 2.39 bits per heavy atom. The SMILES string of the molecule is Cc1cc(C)n(CCC(=O)N2CCN(CC(=O)Nc3ccc(F)cc3)CC2)n1. The van der Waals surface area contributed by atoms with Crippen molar-refractivity contribution in [2.24, 2.45) is 0 Å². The lowest BCUT2D eigenvalue weighted by molar-refractivity contribution is -0.133. The van der Waals surface area contributed by atoms with Crippen LogP contribution in [0.4, 0.5) is 10.1 Å². The second-order valence-corrected chi connectivity index (χ2v) is 7.11. The summed E-state index contributed by atoms with van der Waals surface area (Å²) in [4.78, 5) is 28.4. The minimum absolute atomic E-state index is 0.114. The van der Waals surface area contributed by atoms with E-state index in [1.807, 2.05) is 34.4 Å². The van der Waals surface area contributed by atoms with Crippen LogP contribution in [-0.2, 0) is 16.1 Å². The molecule has 1 aromatic heterocycles. The second kappa shape index (κ2) is 8.97. The van der Waals surface area contributed by atoms with Crippen LogP contribution in [0.25, 0.3) is 0 Å². The van der Waals surface area contributed by atoms with Crippen molar-refractivity contribution in [1.82, 2.24) is 19.6 Å². The van der Waals surface area contributed by atoms with E-state index in [-0.39, 0.29) is 24.2 Å². The molecule has 1 N–H and O–H groups in total. The third-order valence-electron chi connectivity index (χ3n) is 4.86. The summed E-state index contributed by atoms with van der Waals surface area (Å²) < 4.78 is 14.8. The number of nitrogens with zero attached hydrogens (tertiary/aromatic N) is 4. The number of halogens is 1. The van der Waals surface area contributed by atoms with E-state index in [0.29, 0.717) is 44.8 Å². The molecule has 2 amide bonds. The Bertz CT molecular complexity index is 826. The first-order chi connectivity index (χ1) is 13.4. The molecule has 1 aromatic carbocycles. The van der Waals surface area contributed by atoms with E-state index < -0.39 is 0 Å². The molecule has 1 aliphatic rings. The van der Waals surface area contributed by atoms with Crippen molar-refractivity contribution in [1.29, 1.82) is 0 Å². The van der Waals surface area contributed by atoms with Gasteiger partial charge in [0.05, 0.1) is 12.2 Å². The second-order valence-electron chi connectivity index (χ2n) is 7.11. The summed E-state index contributed by atoms with van der Waals surface area (Å²) >= 11 is 0. The molecular formula is C20H26FN5O2. The predicted octanol–water partition coefficient (Wildman–Crippen LogP) is 1.81. The van der Waals surface area contributed by atoms with Crippen LogP contribution in [0.5, 0.6) is 0 Å². The van der Waals surface area contributed by atoms with Gasteiger partial charge in [-0.15, -0.1) is 0 Å². The smallest absolute Gasteiger partial charge is 0.238 e. The molecular weight excluding hydrogens is 361 g/mol. The number of piperazine rings is 1. The van der Waals surface area contributed by atoms with E-state index in [9.17, 15) is 14.0 Å². The van der Waals surface area contributed by atoms with Gasteiger partial charge in [-0.1, -0.05) is 0 Å². The van der Waals surface area contributed by atoms with Gasteiger partial charge in [0, 0.05) is 50.5 Å². The van der Waals surface area contributed by atoms with Gasteiger partial charge >= 0.3 is 0 Å². The summed E-state index contributed by atoms with van der Waals surface area (Å²) in [7, 11) is 0. The Morgan fingerprint density at radius 2 is 1.79 bits per heavy atom. The Morgan fingerprint density at radius 1 is 1.11 bits per heavy atom. The van der Waals surface area contributed by atoms with Gasteiger partial charge in [0.25, 0.3) is 0 Å². The summed E-state index contributed by atoms with van der Waals surface area (Å²) in [5, 5.41) is 7.14. The van der Waals surface area contributed by atoms with Crippen LogP contribution in [0, 0.1) is 19.7 Å². The van der Waals surface area contributed by atoms with Crippen LogP contribution in [0.3, 0.4) is 0 Å². The molecule has 2 aromatic rings. The summed E-state index contributed by atoms with van der Waals surface area (Å²) in [6, 6.07) is 7.69. The minimum Gasteiger partial charge on any atom is -0.340 e. The molecule has 28 heavy (non-hydrogen) atoms. The number of carbonyl (C=O) groups excluding carboxylic acids is 2. The molecule has 7 nitrogen and oxygen atoms in total. The van der Waals surface area contributed by atoms with Gasteiger partial charge in [-0.25, -0.2) is 4.39 Å². The molecule has 1 aliphatic heterocycles. The Balaban J connectivity index is 1.39. The van der Waals surface area contributed by atoms with Gasteiger partial charge in [0.15, 0.2) is 0 Å². The molecule has 8 heteroatoms. The fraction of sp³-hybridized carbons (Fsp3) is 0.450. The molecule has 0 saturated carbocycles. The Hall–Kier alpha value is -2.74. The van der Waals surface area contributed by atoms with Gasteiger partial charge in [-0.3, -0.25) is 19.2 Å². The average molecular weight is 387 g/mol. The molecule has 0 bridgehead atoms. The monoisotopic (exact) mass is 387 g/mol. The molecule has 0 radical (unpaired) electrons. The normalized spacial score (nSPS) is 14.9. The Kier molecular flexibility index (Phi) is 6.41. The first-order valence-corrected chi connectivity index (χ1v) is 9.47. The van der Waals surface area contributed by atoms with Crippen LogP contribution in [-0.4, -0.2) is 64.1 Å². The van der Waals surface area contributed by atoms with E-state index in [1.165, 1.54) is 24.3 Å². The third kappa shape index (κ3) is 5.39. The van der Waals surface area contributed by atoms with Crippen LogP contribution >= 0.6 is 0 Å². The first kappa shape index (κ1) is 20.0. The van der Waals surface area contributed by atoms with Gasteiger partial charge < -0.3 is 10.2 Å². The predicted molar refractivity (Wildman–Crippen MR) is 104 cm³/mol. The lowest BCUT2D eigenvalue weighted by atomic mass is 10.2. The molecule has 0 spiro atoms. The van der Waals surface area contributed by atoms with Gasteiger partial charge in [0.2, 0.25) is 11.8 Å². The maximum absolute atomic E-state index is 12.9. The van der Waals surface area contributed by atoms with Gasteiger partial charge in [0.1, 0.15) is 5.82 Å².